The van der Waals surface area contributed by atoms with Crippen LogP contribution < -0.4 is 10.6 Å². The molecule has 1 aromatic heterocycles. The minimum atomic E-state index is 0. The molecule has 1 saturated heterocycles. The molecule has 22 heavy (non-hydrogen) atoms. The van der Waals surface area contributed by atoms with Gasteiger partial charge in [-0.05, 0) is 39.3 Å². The molecule has 7 heteroatoms. The Hall–Kier alpha value is -0.410. The molecule has 2 rings (SSSR count). The second-order valence-corrected chi connectivity index (χ2v) is 6.81. The molecule has 1 aliphatic rings. The molecule has 0 bridgehead atoms. The first-order valence-electron chi connectivity index (χ1n) is 7.87. The highest BCUT2D eigenvalue weighted by molar-refractivity contribution is 14.0. The van der Waals surface area contributed by atoms with Gasteiger partial charge in [0, 0.05) is 30.7 Å². The highest BCUT2D eigenvalue weighted by Crippen LogP contribution is 2.14. The number of hydrogen-bond acceptors (Lipinski definition) is 4. The molecule has 2 heterocycles. The Bertz CT molecular complexity index is 463. The van der Waals surface area contributed by atoms with Crippen LogP contribution in [0.5, 0.6) is 0 Å². The number of aryl methyl sites for hydroxylation is 1. The lowest BCUT2D eigenvalue weighted by Crippen LogP contribution is -2.40. The summed E-state index contributed by atoms with van der Waals surface area (Å²) in [5.74, 6) is 1.64. The van der Waals surface area contributed by atoms with E-state index in [0.29, 0.717) is 6.54 Å². The van der Waals surface area contributed by atoms with E-state index >= 15 is 0 Å². The van der Waals surface area contributed by atoms with Crippen LogP contribution in [0.2, 0.25) is 0 Å². The molecule has 1 aromatic rings. The van der Waals surface area contributed by atoms with Crippen molar-refractivity contribution in [3.05, 3.63) is 16.1 Å². The van der Waals surface area contributed by atoms with Crippen molar-refractivity contribution in [3.63, 3.8) is 0 Å². The summed E-state index contributed by atoms with van der Waals surface area (Å²) in [7, 11) is 0. The number of aliphatic imine (C=N–C) groups is 1. The fourth-order valence-electron chi connectivity index (χ4n) is 2.57. The smallest absolute Gasteiger partial charge is 0.191 e. The number of nitrogens with zero attached hydrogens (tertiary/aromatic N) is 3. The van der Waals surface area contributed by atoms with Crippen LogP contribution in [0.15, 0.2) is 11.2 Å². The van der Waals surface area contributed by atoms with Gasteiger partial charge >= 0.3 is 0 Å². The van der Waals surface area contributed by atoms with Crippen LogP contribution in [-0.4, -0.2) is 48.6 Å². The first-order chi connectivity index (χ1) is 10.2. The molecular weight excluding hydrogens is 409 g/mol. The van der Waals surface area contributed by atoms with Crippen molar-refractivity contribution in [3.8, 4) is 0 Å². The molecule has 0 spiro atoms. The summed E-state index contributed by atoms with van der Waals surface area (Å²) in [6.07, 6.45) is 3.19. The number of thiazole rings is 1. The molecule has 0 radical (unpaired) electrons. The van der Waals surface area contributed by atoms with Gasteiger partial charge in [0.05, 0.1) is 6.54 Å². The Morgan fingerprint density at radius 3 is 2.86 bits per heavy atom. The number of aromatic nitrogens is 1. The van der Waals surface area contributed by atoms with E-state index in [4.69, 9.17) is 0 Å². The first-order valence-corrected chi connectivity index (χ1v) is 8.68. The van der Waals surface area contributed by atoms with E-state index in [2.05, 4.69) is 46.3 Å². The molecule has 0 saturated carbocycles. The van der Waals surface area contributed by atoms with E-state index in [0.717, 1.165) is 36.5 Å². The van der Waals surface area contributed by atoms with Gasteiger partial charge in [-0.2, -0.15) is 0 Å². The standard InChI is InChI=1S/C15H27N5S.HI/c1-4-16-15(19-10-14-17-8-12(3)21-14)18-9-13-6-7-20(5-2)11-13;/h8,13H,4-7,9-11H2,1-3H3,(H2,16,18,19);1H. The molecule has 126 valence electrons. The molecular formula is C15H28IN5S. The lowest BCUT2D eigenvalue weighted by atomic mass is 10.1. The van der Waals surface area contributed by atoms with Crippen molar-refractivity contribution in [2.75, 3.05) is 32.7 Å². The lowest BCUT2D eigenvalue weighted by Gasteiger charge is -2.16. The number of rotatable bonds is 6. The van der Waals surface area contributed by atoms with Gasteiger partial charge in [0.1, 0.15) is 5.01 Å². The Morgan fingerprint density at radius 2 is 2.27 bits per heavy atom. The van der Waals surface area contributed by atoms with E-state index in [1.807, 2.05) is 6.20 Å². The summed E-state index contributed by atoms with van der Waals surface area (Å²) < 4.78 is 0. The molecule has 0 amide bonds. The minimum Gasteiger partial charge on any atom is -0.357 e. The van der Waals surface area contributed by atoms with Crippen molar-refractivity contribution >= 4 is 41.3 Å². The minimum absolute atomic E-state index is 0. The summed E-state index contributed by atoms with van der Waals surface area (Å²) in [6.45, 7) is 12.5. The van der Waals surface area contributed by atoms with Crippen LogP contribution >= 0.6 is 35.3 Å². The number of guanidine groups is 1. The number of hydrogen-bond donors (Lipinski definition) is 2. The van der Waals surface area contributed by atoms with Gasteiger partial charge in [-0.15, -0.1) is 35.3 Å². The second-order valence-electron chi connectivity index (χ2n) is 5.49. The van der Waals surface area contributed by atoms with Gasteiger partial charge in [-0.1, -0.05) is 6.92 Å². The summed E-state index contributed by atoms with van der Waals surface area (Å²) in [4.78, 5) is 12.7. The zero-order valence-electron chi connectivity index (χ0n) is 13.8. The van der Waals surface area contributed by atoms with E-state index < -0.39 is 0 Å². The monoisotopic (exact) mass is 437 g/mol. The molecule has 0 aromatic carbocycles. The van der Waals surface area contributed by atoms with Gasteiger partial charge in [0.2, 0.25) is 0 Å². The number of nitrogens with one attached hydrogen (secondary N) is 2. The third-order valence-corrected chi connectivity index (χ3v) is 4.66. The van der Waals surface area contributed by atoms with Crippen molar-refractivity contribution in [2.24, 2.45) is 10.9 Å². The molecule has 0 aliphatic carbocycles. The summed E-state index contributed by atoms with van der Waals surface area (Å²) >= 11 is 1.71. The summed E-state index contributed by atoms with van der Waals surface area (Å²) in [5, 5.41) is 7.86. The van der Waals surface area contributed by atoms with Crippen molar-refractivity contribution in [1.29, 1.82) is 0 Å². The largest absolute Gasteiger partial charge is 0.357 e. The van der Waals surface area contributed by atoms with Gasteiger partial charge < -0.3 is 15.5 Å². The Balaban J connectivity index is 0.00000242. The van der Waals surface area contributed by atoms with Gasteiger partial charge in [-0.3, -0.25) is 0 Å². The fraction of sp³-hybridized carbons (Fsp3) is 0.733. The second kappa shape index (κ2) is 10.4. The highest BCUT2D eigenvalue weighted by Gasteiger charge is 2.20. The van der Waals surface area contributed by atoms with Crippen LogP contribution in [-0.2, 0) is 6.54 Å². The summed E-state index contributed by atoms with van der Waals surface area (Å²) in [5.41, 5.74) is 0. The predicted molar refractivity (Wildman–Crippen MR) is 105 cm³/mol. The van der Waals surface area contributed by atoms with Crippen LogP contribution in [0.25, 0.3) is 0 Å². The maximum atomic E-state index is 4.63. The molecule has 1 atom stereocenters. The third kappa shape index (κ3) is 6.37. The zero-order chi connectivity index (χ0) is 15.1. The fourth-order valence-corrected chi connectivity index (χ4v) is 3.28. The number of halogens is 1. The van der Waals surface area contributed by atoms with Crippen molar-refractivity contribution in [2.45, 2.75) is 33.7 Å². The number of likely N-dealkylation sites (tertiary alicyclic amines) is 1. The average Bonchev–Trinajstić information content (AvgIpc) is 3.10. The SMILES string of the molecule is CCNC(=NCc1ncc(C)s1)NCC1CCN(CC)C1.I. The summed E-state index contributed by atoms with van der Waals surface area (Å²) in [6, 6.07) is 0. The van der Waals surface area contributed by atoms with Crippen LogP contribution in [0.1, 0.15) is 30.2 Å². The Kier molecular flexibility index (Phi) is 9.27. The molecule has 1 unspecified atom stereocenters. The van der Waals surface area contributed by atoms with Gasteiger partial charge in [-0.25, -0.2) is 9.98 Å². The third-order valence-electron chi connectivity index (χ3n) is 3.76. The van der Waals surface area contributed by atoms with E-state index in [9.17, 15) is 0 Å². The maximum absolute atomic E-state index is 4.63. The average molecular weight is 437 g/mol. The normalized spacial score (nSPS) is 19.0. The maximum Gasteiger partial charge on any atom is 0.191 e. The lowest BCUT2D eigenvalue weighted by molar-refractivity contribution is 0.342. The van der Waals surface area contributed by atoms with E-state index in [1.54, 1.807) is 11.3 Å². The van der Waals surface area contributed by atoms with E-state index in [-0.39, 0.29) is 24.0 Å². The Morgan fingerprint density at radius 1 is 1.45 bits per heavy atom. The van der Waals surface area contributed by atoms with Crippen LogP contribution in [0.3, 0.4) is 0 Å². The van der Waals surface area contributed by atoms with Crippen molar-refractivity contribution in [1.82, 2.24) is 20.5 Å². The zero-order valence-corrected chi connectivity index (χ0v) is 16.9. The van der Waals surface area contributed by atoms with Gasteiger partial charge in [0.25, 0.3) is 0 Å². The van der Waals surface area contributed by atoms with Crippen molar-refractivity contribution < 1.29 is 0 Å². The highest BCUT2D eigenvalue weighted by atomic mass is 127. The first kappa shape index (κ1) is 19.6. The molecule has 1 aliphatic heterocycles. The molecule has 5 nitrogen and oxygen atoms in total. The Labute approximate surface area is 155 Å². The van der Waals surface area contributed by atoms with Crippen LogP contribution in [0.4, 0.5) is 0 Å². The quantitative estimate of drug-likeness (QED) is 0.408. The topological polar surface area (TPSA) is 52.6 Å². The predicted octanol–water partition coefficient (Wildman–Crippen LogP) is 2.47. The molecule has 1 fully saturated rings. The van der Waals surface area contributed by atoms with Crippen LogP contribution in [0, 0.1) is 12.8 Å². The molecule has 2 N–H and O–H groups in total. The van der Waals surface area contributed by atoms with Gasteiger partial charge in [0.15, 0.2) is 5.96 Å². The van der Waals surface area contributed by atoms with E-state index in [1.165, 1.54) is 24.4 Å².